The second kappa shape index (κ2) is 14.9. The molecule has 7 heteroatoms. The smallest absolute Gasteiger partial charge is 0.221 e. The van der Waals surface area contributed by atoms with Crippen LogP contribution in [0.5, 0.6) is 11.5 Å². The van der Waals surface area contributed by atoms with Gasteiger partial charge in [-0.15, -0.1) is 0 Å². The molecule has 0 saturated heterocycles. The summed E-state index contributed by atoms with van der Waals surface area (Å²) >= 11 is 0. The summed E-state index contributed by atoms with van der Waals surface area (Å²) in [6.07, 6.45) is 4.40. The predicted octanol–water partition coefficient (Wildman–Crippen LogP) is 6.99. The number of hydrogen-bond acceptors (Lipinski definition) is 4. The summed E-state index contributed by atoms with van der Waals surface area (Å²) in [6.45, 7) is 10.2. The van der Waals surface area contributed by atoms with Crippen LogP contribution in [0.3, 0.4) is 0 Å². The lowest BCUT2D eigenvalue weighted by Gasteiger charge is -2.22. The van der Waals surface area contributed by atoms with Crippen molar-refractivity contribution in [1.82, 2.24) is 14.8 Å². The standard InChI is InChI=1S/C35H44FN3O3/c1-6-38(7-2)20-10-11-25(3)37-35(40)22-30(27-16-19-33(41-4)34(21-27)42-5)31-24-39(32-13-9-8-12-29(31)32)23-26-14-17-28(36)18-15-26/h8-9,12-19,21,24-25,30H,6-7,10-11,20,22-23H2,1-5H3,(H,37,40). The van der Waals surface area contributed by atoms with E-state index in [9.17, 15) is 9.18 Å². The normalized spacial score (nSPS) is 12.8. The highest BCUT2D eigenvalue weighted by Crippen LogP contribution is 2.38. The zero-order valence-electron chi connectivity index (χ0n) is 25.5. The molecule has 4 rings (SSSR count). The van der Waals surface area contributed by atoms with E-state index < -0.39 is 0 Å². The number of rotatable bonds is 15. The highest BCUT2D eigenvalue weighted by molar-refractivity contribution is 5.87. The summed E-state index contributed by atoms with van der Waals surface area (Å²) in [6, 6.07) is 20.8. The van der Waals surface area contributed by atoms with E-state index in [2.05, 4.69) is 53.9 Å². The predicted molar refractivity (Wildman–Crippen MR) is 168 cm³/mol. The van der Waals surface area contributed by atoms with E-state index in [-0.39, 0.29) is 23.7 Å². The van der Waals surface area contributed by atoms with Crippen molar-refractivity contribution < 1.29 is 18.7 Å². The molecule has 0 aliphatic rings. The Bertz CT molecular complexity index is 1450. The molecule has 0 aliphatic heterocycles. The first kappa shape index (κ1) is 31.1. The number of amides is 1. The van der Waals surface area contributed by atoms with Crippen LogP contribution in [0.1, 0.15) is 62.6 Å². The molecule has 1 N–H and O–H groups in total. The number of halogens is 1. The summed E-state index contributed by atoms with van der Waals surface area (Å²) in [5.74, 6) is 0.816. The second-order valence-electron chi connectivity index (χ2n) is 10.9. The number of carbonyl (C=O) groups excluding carboxylic acids is 1. The van der Waals surface area contributed by atoms with Crippen LogP contribution in [0.25, 0.3) is 10.9 Å². The summed E-state index contributed by atoms with van der Waals surface area (Å²) in [5.41, 5.74) is 4.10. The molecule has 2 atom stereocenters. The number of carbonyl (C=O) groups is 1. The lowest BCUT2D eigenvalue weighted by molar-refractivity contribution is -0.121. The maximum atomic E-state index is 13.6. The third kappa shape index (κ3) is 7.71. The SMILES string of the molecule is CCN(CC)CCCC(C)NC(=O)CC(c1ccc(OC)c(OC)c1)c1cn(Cc2ccc(F)cc2)c2ccccc12. The molecule has 224 valence electrons. The Labute approximate surface area is 249 Å². The molecule has 3 aromatic carbocycles. The molecule has 1 heterocycles. The Morgan fingerprint density at radius 2 is 1.69 bits per heavy atom. The number of methoxy groups -OCH3 is 2. The molecule has 42 heavy (non-hydrogen) atoms. The molecule has 0 bridgehead atoms. The first-order chi connectivity index (χ1) is 20.4. The average molecular weight is 574 g/mol. The van der Waals surface area contributed by atoms with Gasteiger partial charge in [0.2, 0.25) is 5.91 Å². The van der Waals surface area contributed by atoms with Crippen molar-refractivity contribution in [2.24, 2.45) is 0 Å². The van der Waals surface area contributed by atoms with Crippen molar-refractivity contribution >= 4 is 16.8 Å². The number of ether oxygens (including phenoxy) is 2. The number of fused-ring (bicyclic) bond motifs is 1. The van der Waals surface area contributed by atoms with Crippen molar-refractivity contribution in [3.05, 3.63) is 95.4 Å². The first-order valence-corrected chi connectivity index (χ1v) is 14.9. The largest absolute Gasteiger partial charge is 0.493 e. The van der Waals surface area contributed by atoms with E-state index in [4.69, 9.17) is 9.47 Å². The minimum absolute atomic E-state index is 0.0143. The van der Waals surface area contributed by atoms with Gasteiger partial charge in [0.25, 0.3) is 0 Å². The number of aromatic nitrogens is 1. The van der Waals surface area contributed by atoms with Gasteiger partial charge in [-0.2, -0.15) is 0 Å². The van der Waals surface area contributed by atoms with Gasteiger partial charge < -0.3 is 24.3 Å². The van der Waals surface area contributed by atoms with Crippen LogP contribution < -0.4 is 14.8 Å². The van der Waals surface area contributed by atoms with Gasteiger partial charge in [0.1, 0.15) is 5.82 Å². The van der Waals surface area contributed by atoms with Gasteiger partial charge in [0.05, 0.1) is 14.2 Å². The van der Waals surface area contributed by atoms with Crippen LogP contribution in [0.2, 0.25) is 0 Å². The zero-order valence-corrected chi connectivity index (χ0v) is 25.5. The van der Waals surface area contributed by atoms with Crippen LogP contribution in [0.15, 0.2) is 72.9 Å². The summed E-state index contributed by atoms with van der Waals surface area (Å²) in [7, 11) is 3.24. The minimum Gasteiger partial charge on any atom is -0.493 e. The average Bonchev–Trinajstić information content (AvgIpc) is 3.36. The van der Waals surface area contributed by atoms with E-state index in [1.165, 1.54) is 12.1 Å². The van der Waals surface area contributed by atoms with Crippen molar-refractivity contribution in [3.8, 4) is 11.5 Å². The third-order valence-electron chi connectivity index (χ3n) is 8.07. The van der Waals surface area contributed by atoms with Crippen molar-refractivity contribution in [3.63, 3.8) is 0 Å². The van der Waals surface area contributed by atoms with Crippen molar-refractivity contribution in [2.75, 3.05) is 33.9 Å². The topological polar surface area (TPSA) is 55.7 Å². The van der Waals surface area contributed by atoms with Gasteiger partial charge in [0.15, 0.2) is 11.5 Å². The van der Waals surface area contributed by atoms with Crippen molar-refractivity contribution in [1.29, 1.82) is 0 Å². The molecule has 6 nitrogen and oxygen atoms in total. The fourth-order valence-corrected chi connectivity index (χ4v) is 5.70. The van der Waals surface area contributed by atoms with Crippen LogP contribution in [0, 0.1) is 5.82 Å². The van der Waals surface area contributed by atoms with Gasteiger partial charge in [-0.3, -0.25) is 4.79 Å². The van der Waals surface area contributed by atoms with E-state index >= 15 is 0 Å². The summed E-state index contributed by atoms with van der Waals surface area (Å²) < 4.78 is 26.9. The fourth-order valence-electron chi connectivity index (χ4n) is 5.70. The van der Waals surface area contributed by atoms with E-state index in [0.29, 0.717) is 24.5 Å². The molecule has 4 aromatic rings. The Hall–Kier alpha value is -3.84. The lowest BCUT2D eigenvalue weighted by atomic mass is 9.87. The van der Waals surface area contributed by atoms with E-state index in [1.54, 1.807) is 14.2 Å². The maximum absolute atomic E-state index is 13.6. The highest BCUT2D eigenvalue weighted by Gasteiger charge is 2.25. The molecule has 0 aliphatic carbocycles. The van der Waals surface area contributed by atoms with Crippen LogP contribution in [-0.2, 0) is 11.3 Å². The summed E-state index contributed by atoms with van der Waals surface area (Å²) in [4.78, 5) is 15.9. The van der Waals surface area contributed by atoms with Gasteiger partial charge in [-0.25, -0.2) is 4.39 Å². The Kier molecular flexibility index (Phi) is 11.0. The van der Waals surface area contributed by atoms with Gasteiger partial charge >= 0.3 is 0 Å². The fraction of sp³-hybridized carbons (Fsp3) is 0.400. The molecule has 0 saturated carbocycles. The number of benzene rings is 3. The molecular weight excluding hydrogens is 529 g/mol. The Balaban J connectivity index is 1.65. The van der Waals surface area contributed by atoms with Crippen LogP contribution >= 0.6 is 0 Å². The van der Waals surface area contributed by atoms with Crippen molar-refractivity contribution in [2.45, 2.75) is 58.5 Å². The monoisotopic (exact) mass is 573 g/mol. The first-order valence-electron chi connectivity index (χ1n) is 14.9. The highest BCUT2D eigenvalue weighted by atomic mass is 19.1. The number of hydrogen-bond donors (Lipinski definition) is 1. The lowest BCUT2D eigenvalue weighted by Crippen LogP contribution is -2.34. The zero-order chi connectivity index (χ0) is 30.1. The third-order valence-corrected chi connectivity index (χ3v) is 8.07. The Morgan fingerprint density at radius 3 is 2.38 bits per heavy atom. The molecule has 2 unspecified atom stereocenters. The number of nitrogens with zero attached hydrogens (tertiary/aromatic N) is 2. The quantitative estimate of drug-likeness (QED) is 0.167. The molecule has 0 radical (unpaired) electrons. The van der Waals surface area contributed by atoms with E-state index in [1.807, 2.05) is 42.5 Å². The van der Waals surface area contributed by atoms with Crippen LogP contribution in [-0.4, -0.2) is 55.3 Å². The molecule has 0 fully saturated rings. The molecular formula is C35H44FN3O3. The maximum Gasteiger partial charge on any atom is 0.221 e. The molecule has 1 aromatic heterocycles. The minimum atomic E-state index is -0.251. The molecule has 1 amide bonds. The van der Waals surface area contributed by atoms with Crippen LogP contribution in [0.4, 0.5) is 4.39 Å². The molecule has 0 spiro atoms. The Morgan fingerprint density at radius 1 is 0.976 bits per heavy atom. The van der Waals surface area contributed by atoms with Gasteiger partial charge in [-0.05, 0) is 86.4 Å². The number of nitrogens with one attached hydrogen (secondary N) is 1. The van der Waals surface area contributed by atoms with E-state index in [0.717, 1.165) is 60.1 Å². The number of para-hydroxylation sites is 1. The second-order valence-corrected chi connectivity index (χ2v) is 10.9. The summed E-state index contributed by atoms with van der Waals surface area (Å²) in [5, 5.41) is 4.34. The van der Waals surface area contributed by atoms with Gasteiger partial charge in [-0.1, -0.05) is 50.2 Å². The van der Waals surface area contributed by atoms with Gasteiger partial charge in [0, 0.05) is 42.0 Å².